The summed E-state index contributed by atoms with van der Waals surface area (Å²) in [7, 11) is 2.27. The molecule has 2 atom stereocenters. The van der Waals surface area contributed by atoms with E-state index in [0.717, 1.165) is 19.8 Å². The Kier molecular flexibility index (Phi) is 2.99. The van der Waals surface area contributed by atoms with Crippen LogP contribution >= 0.6 is 0 Å². The standard InChI is InChI=1S/C17H25NO/c1-16(2,3)15-14(13-8-6-5-7-9-13)10-18(4)17(15)11-19-12-17/h5-9,14-15H,10-12H2,1-4H3. The average molecular weight is 259 g/mol. The minimum Gasteiger partial charge on any atom is -0.377 e. The van der Waals surface area contributed by atoms with Gasteiger partial charge in [0.05, 0.1) is 18.8 Å². The fourth-order valence-corrected chi connectivity index (χ4v) is 4.31. The molecule has 2 saturated heterocycles. The minimum absolute atomic E-state index is 0.263. The number of ether oxygens (including phenoxy) is 1. The van der Waals surface area contributed by atoms with Gasteiger partial charge in [0.1, 0.15) is 0 Å². The van der Waals surface area contributed by atoms with Crippen LogP contribution in [0.1, 0.15) is 32.3 Å². The highest BCUT2D eigenvalue weighted by atomic mass is 16.5. The maximum atomic E-state index is 5.60. The third-order valence-electron chi connectivity index (χ3n) is 5.08. The molecule has 0 N–H and O–H groups in total. The Balaban J connectivity index is 2.01. The van der Waals surface area contributed by atoms with Crippen LogP contribution in [0.5, 0.6) is 0 Å². The first-order chi connectivity index (χ1) is 8.95. The van der Waals surface area contributed by atoms with Gasteiger partial charge < -0.3 is 4.74 Å². The van der Waals surface area contributed by atoms with Crippen molar-refractivity contribution in [1.29, 1.82) is 0 Å². The van der Waals surface area contributed by atoms with Crippen molar-refractivity contribution in [1.82, 2.24) is 4.90 Å². The van der Waals surface area contributed by atoms with Crippen LogP contribution in [-0.4, -0.2) is 37.2 Å². The molecule has 1 aromatic rings. The maximum absolute atomic E-state index is 5.60. The van der Waals surface area contributed by atoms with E-state index in [4.69, 9.17) is 4.74 Å². The van der Waals surface area contributed by atoms with Crippen LogP contribution in [0.2, 0.25) is 0 Å². The minimum atomic E-state index is 0.263. The van der Waals surface area contributed by atoms with E-state index in [1.165, 1.54) is 5.56 Å². The first-order valence-electron chi connectivity index (χ1n) is 7.29. The molecule has 2 aliphatic rings. The zero-order valence-electron chi connectivity index (χ0n) is 12.5. The third-order valence-corrected chi connectivity index (χ3v) is 5.08. The predicted octanol–water partition coefficient (Wildman–Crippen LogP) is 3.15. The van der Waals surface area contributed by atoms with Crippen LogP contribution in [0.15, 0.2) is 30.3 Å². The van der Waals surface area contributed by atoms with Gasteiger partial charge in [0.2, 0.25) is 0 Å². The quantitative estimate of drug-likeness (QED) is 0.768. The molecule has 0 amide bonds. The highest BCUT2D eigenvalue weighted by molar-refractivity contribution is 5.27. The van der Waals surface area contributed by atoms with E-state index in [2.05, 4.69) is 63.1 Å². The predicted molar refractivity (Wildman–Crippen MR) is 78.3 cm³/mol. The molecule has 104 valence electrons. The Bertz CT molecular complexity index is 444. The summed E-state index contributed by atoms with van der Waals surface area (Å²) in [6.07, 6.45) is 0. The number of nitrogens with zero attached hydrogens (tertiary/aromatic N) is 1. The SMILES string of the molecule is CN1CC(c2ccccc2)C(C(C)(C)C)C12COC2. The summed E-state index contributed by atoms with van der Waals surface area (Å²) in [4.78, 5) is 2.55. The van der Waals surface area contributed by atoms with Crippen molar-refractivity contribution in [3.63, 3.8) is 0 Å². The van der Waals surface area contributed by atoms with Crippen molar-refractivity contribution in [3.05, 3.63) is 35.9 Å². The van der Waals surface area contributed by atoms with Gasteiger partial charge in [-0.25, -0.2) is 0 Å². The van der Waals surface area contributed by atoms with Crippen molar-refractivity contribution >= 4 is 0 Å². The van der Waals surface area contributed by atoms with Crippen molar-refractivity contribution in [3.8, 4) is 0 Å². The number of hydrogen-bond donors (Lipinski definition) is 0. The van der Waals surface area contributed by atoms with Gasteiger partial charge in [0.25, 0.3) is 0 Å². The Morgan fingerprint density at radius 2 is 1.79 bits per heavy atom. The van der Waals surface area contributed by atoms with Crippen molar-refractivity contribution in [2.75, 3.05) is 26.8 Å². The molecule has 2 fully saturated rings. The molecule has 1 spiro atoms. The van der Waals surface area contributed by atoms with Gasteiger partial charge in [-0.05, 0) is 23.9 Å². The summed E-state index contributed by atoms with van der Waals surface area (Å²) in [5.74, 6) is 1.27. The molecule has 0 saturated carbocycles. The van der Waals surface area contributed by atoms with Crippen LogP contribution in [-0.2, 0) is 4.74 Å². The average Bonchev–Trinajstić information content (AvgIpc) is 2.63. The molecule has 1 aromatic carbocycles. The lowest BCUT2D eigenvalue weighted by atomic mass is 9.63. The number of likely N-dealkylation sites (N-methyl/N-ethyl adjacent to an activating group) is 1. The molecule has 2 unspecified atom stereocenters. The number of likely N-dealkylation sites (tertiary alicyclic amines) is 1. The highest BCUT2D eigenvalue weighted by Crippen LogP contribution is 2.54. The Morgan fingerprint density at radius 1 is 1.16 bits per heavy atom. The lowest BCUT2D eigenvalue weighted by molar-refractivity contribution is -0.153. The molecule has 3 rings (SSSR count). The second-order valence-electron chi connectivity index (χ2n) is 7.34. The largest absolute Gasteiger partial charge is 0.377 e. The van der Waals surface area contributed by atoms with Gasteiger partial charge in [-0.3, -0.25) is 4.90 Å². The lowest BCUT2D eigenvalue weighted by Gasteiger charge is -2.52. The van der Waals surface area contributed by atoms with Crippen LogP contribution in [0, 0.1) is 11.3 Å². The van der Waals surface area contributed by atoms with E-state index in [1.807, 2.05) is 0 Å². The molecule has 2 aliphatic heterocycles. The zero-order valence-corrected chi connectivity index (χ0v) is 12.5. The van der Waals surface area contributed by atoms with E-state index in [-0.39, 0.29) is 5.54 Å². The molecule has 0 radical (unpaired) electrons. The summed E-state index contributed by atoms with van der Waals surface area (Å²) in [5, 5.41) is 0. The topological polar surface area (TPSA) is 12.5 Å². The molecule has 2 heteroatoms. The van der Waals surface area contributed by atoms with Crippen LogP contribution < -0.4 is 0 Å². The first kappa shape index (κ1) is 13.1. The van der Waals surface area contributed by atoms with E-state index in [0.29, 0.717) is 17.3 Å². The lowest BCUT2D eigenvalue weighted by Crippen LogP contribution is -2.63. The van der Waals surface area contributed by atoms with Gasteiger partial charge in [-0.2, -0.15) is 0 Å². The van der Waals surface area contributed by atoms with Crippen molar-refractivity contribution in [2.24, 2.45) is 11.3 Å². The fourth-order valence-electron chi connectivity index (χ4n) is 4.31. The molecular weight excluding hydrogens is 234 g/mol. The molecule has 0 bridgehead atoms. The molecule has 2 nitrogen and oxygen atoms in total. The van der Waals surface area contributed by atoms with Gasteiger partial charge in [-0.15, -0.1) is 0 Å². The van der Waals surface area contributed by atoms with E-state index >= 15 is 0 Å². The molecule has 0 aliphatic carbocycles. The number of hydrogen-bond acceptors (Lipinski definition) is 2. The summed E-state index contributed by atoms with van der Waals surface area (Å²) in [5.41, 5.74) is 2.05. The van der Waals surface area contributed by atoms with Gasteiger partial charge in [0, 0.05) is 12.5 Å². The molecule has 0 aromatic heterocycles. The molecule has 19 heavy (non-hydrogen) atoms. The van der Waals surface area contributed by atoms with E-state index in [1.54, 1.807) is 0 Å². The van der Waals surface area contributed by atoms with E-state index in [9.17, 15) is 0 Å². The normalized spacial score (nSPS) is 30.5. The van der Waals surface area contributed by atoms with Gasteiger partial charge >= 0.3 is 0 Å². The highest BCUT2D eigenvalue weighted by Gasteiger charge is 2.60. The zero-order chi connectivity index (χ0) is 13.7. The van der Waals surface area contributed by atoms with Crippen LogP contribution in [0.25, 0.3) is 0 Å². The maximum Gasteiger partial charge on any atom is 0.0716 e. The summed E-state index contributed by atoms with van der Waals surface area (Å²) >= 11 is 0. The number of rotatable bonds is 1. The monoisotopic (exact) mass is 259 g/mol. The van der Waals surface area contributed by atoms with Gasteiger partial charge in [-0.1, -0.05) is 51.1 Å². The van der Waals surface area contributed by atoms with Crippen molar-refractivity contribution < 1.29 is 4.74 Å². The summed E-state index contributed by atoms with van der Waals surface area (Å²) in [6.45, 7) is 10.1. The van der Waals surface area contributed by atoms with Crippen molar-refractivity contribution in [2.45, 2.75) is 32.2 Å². The molecule has 2 heterocycles. The summed E-state index contributed by atoms with van der Waals surface area (Å²) < 4.78 is 5.60. The van der Waals surface area contributed by atoms with Crippen LogP contribution in [0.3, 0.4) is 0 Å². The third kappa shape index (κ3) is 1.93. The first-order valence-corrected chi connectivity index (χ1v) is 7.29. The Hall–Kier alpha value is -0.860. The smallest absolute Gasteiger partial charge is 0.0716 e. The van der Waals surface area contributed by atoms with Gasteiger partial charge in [0.15, 0.2) is 0 Å². The fraction of sp³-hybridized carbons (Fsp3) is 0.647. The number of benzene rings is 1. The molecular formula is C17H25NO. The summed E-state index contributed by atoms with van der Waals surface area (Å²) in [6, 6.07) is 11.0. The van der Waals surface area contributed by atoms with Crippen LogP contribution in [0.4, 0.5) is 0 Å². The Morgan fingerprint density at radius 3 is 2.26 bits per heavy atom. The second kappa shape index (κ2) is 4.32. The second-order valence-corrected chi connectivity index (χ2v) is 7.34. The van der Waals surface area contributed by atoms with E-state index < -0.39 is 0 Å². The Labute approximate surface area is 116 Å².